The molecule has 1 aromatic carbocycles. The Morgan fingerprint density at radius 2 is 1.92 bits per heavy atom. The molecule has 1 heterocycles. The van der Waals surface area contributed by atoms with Crippen LogP contribution in [0.1, 0.15) is 11.1 Å². The first kappa shape index (κ1) is 17.6. The molecule has 0 saturated heterocycles. The van der Waals surface area contributed by atoms with Gasteiger partial charge in [-0.3, -0.25) is 4.79 Å². The van der Waals surface area contributed by atoms with E-state index in [0.29, 0.717) is 11.3 Å². The minimum atomic E-state index is -4.45. The molecule has 0 aliphatic rings. The summed E-state index contributed by atoms with van der Waals surface area (Å²) in [6.45, 7) is -1.41. The normalized spacial score (nSPS) is 11.1. The van der Waals surface area contributed by atoms with Crippen LogP contribution in [0.2, 0.25) is 0 Å². The highest BCUT2D eigenvalue weighted by Crippen LogP contribution is 2.19. The van der Waals surface area contributed by atoms with Crippen molar-refractivity contribution in [3.63, 3.8) is 0 Å². The van der Waals surface area contributed by atoms with Gasteiger partial charge in [0.15, 0.2) is 6.61 Å². The van der Waals surface area contributed by atoms with Gasteiger partial charge in [-0.15, -0.1) is 0 Å². The first-order chi connectivity index (χ1) is 11.3. The molecular weight excluding hydrogens is 323 g/mol. The Morgan fingerprint density at radius 3 is 2.58 bits per heavy atom. The van der Waals surface area contributed by atoms with Gasteiger partial charge in [0.1, 0.15) is 0 Å². The number of nitrogens with two attached hydrogens (primary N) is 1. The van der Waals surface area contributed by atoms with Crippen molar-refractivity contribution in [2.24, 2.45) is 0 Å². The highest BCUT2D eigenvalue weighted by atomic mass is 19.4. The van der Waals surface area contributed by atoms with Crippen LogP contribution in [-0.4, -0.2) is 23.7 Å². The third kappa shape index (κ3) is 5.79. The molecule has 1 aromatic heterocycles. The lowest BCUT2D eigenvalue weighted by atomic mass is 10.1. The van der Waals surface area contributed by atoms with Crippen LogP contribution in [0.5, 0.6) is 5.88 Å². The second kappa shape index (κ2) is 7.67. The summed E-state index contributed by atoms with van der Waals surface area (Å²) in [6.07, 6.45) is -2.99. The van der Waals surface area contributed by atoms with Gasteiger partial charge in [-0.2, -0.15) is 13.2 Å². The minimum absolute atomic E-state index is 0.0227. The number of ether oxygens (including phenoxy) is 1. The van der Waals surface area contributed by atoms with Crippen LogP contribution in [0, 0.1) is 0 Å². The number of nitrogens with one attached hydrogen (secondary N) is 1. The smallest absolute Gasteiger partial charge is 0.422 e. The first-order valence-electron chi connectivity index (χ1n) is 7.08. The predicted octanol–water partition coefficient (Wildman–Crippen LogP) is 2.46. The monoisotopic (exact) mass is 339 g/mol. The van der Waals surface area contributed by atoms with Gasteiger partial charge in [-0.1, -0.05) is 18.2 Å². The average Bonchev–Trinajstić information content (AvgIpc) is 2.53. The molecule has 0 fully saturated rings. The number of carbonyl (C=O) groups excluding carboxylic acids is 1. The van der Waals surface area contributed by atoms with Crippen molar-refractivity contribution >= 4 is 11.6 Å². The molecule has 0 radical (unpaired) electrons. The topological polar surface area (TPSA) is 77.2 Å². The van der Waals surface area contributed by atoms with Gasteiger partial charge < -0.3 is 15.8 Å². The molecule has 2 rings (SSSR count). The standard InChI is InChI=1S/C16H16F3N3O2/c17-16(18,19)10-24-15-12(2-1-7-21-15)9-22-14(23)8-11-3-5-13(20)6-4-11/h1-7H,8-10,20H2,(H,22,23). The summed E-state index contributed by atoms with van der Waals surface area (Å²) in [6, 6.07) is 9.94. The number of nitrogen functional groups attached to an aromatic ring is 1. The number of anilines is 1. The minimum Gasteiger partial charge on any atom is -0.468 e. The highest BCUT2D eigenvalue weighted by molar-refractivity contribution is 5.78. The van der Waals surface area contributed by atoms with Crippen LogP contribution >= 0.6 is 0 Å². The van der Waals surface area contributed by atoms with E-state index in [2.05, 4.69) is 15.0 Å². The number of hydrogen-bond acceptors (Lipinski definition) is 4. The lowest BCUT2D eigenvalue weighted by molar-refractivity contribution is -0.154. The third-order valence-corrected chi connectivity index (χ3v) is 3.04. The molecule has 0 atom stereocenters. The summed E-state index contributed by atoms with van der Waals surface area (Å²) in [7, 11) is 0. The van der Waals surface area contributed by atoms with E-state index in [1.165, 1.54) is 6.20 Å². The van der Waals surface area contributed by atoms with Gasteiger partial charge in [0.05, 0.1) is 6.42 Å². The van der Waals surface area contributed by atoms with E-state index < -0.39 is 12.8 Å². The van der Waals surface area contributed by atoms with Crippen LogP contribution in [0.3, 0.4) is 0 Å². The Balaban J connectivity index is 1.91. The third-order valence-electron chi connectivity index (χ3n) is 3.04. The summed E-state index contributed by atoms with van der Waals surface area (Å²) in [5.74, 6) is -0.423. The lowest BCUT2D eigenvalue weighted by Crippen LogP contribution is -2.25. The second-order valence-electron chi connectivity index (χ2n) is 5.07. The second-order valence-corrected chi connectivity index (χ2v) is 5.07. The Morgan fingerprint density at radius 1 is 1.21 bits per heavy atom. The molecule has 2 aromatic rings. The van der Waals surface area contributed by atoms with E-state index in [1.54, 1.807) is 36.4 Å². The number of halogens is 3. The van der Waals surface area contributed by atoms with E-state index in [1.807, 2.05) is 0 Å². The van der Waals surface area contributed by atoms with E-state index in [-0.39, 0.29) is 24.8 Å². The molecule has 3 N–H and O–H groups in total. The predicted molar refractivity (Wildman–Crippen MR) is 82.2 cm³/mol. The van der Waals surface area contributed by atoms with Gasteiger partial charge >= 0.3 is 6.18 Å². The number of nitrogens with zero attached hydrogens (tertiary/aromatic N) is 1. The molecule has 128 valence electrons. The summed E-state index contributed by atoms with van der Waals surface area (Å²) >= 11 is 0. The maximum absolute atomic E-state index is 12.2. The van der Waals surface area contributed by atoms with Gasteiger partial charge in [-0.25, -0.2) is 4.98 Å². The molecule has 0 spiro atoms. The molecule has 0 saturated carbocycles. The zero-order valence-corrected chi connectivity index (χ0v) is 12.6. The Bertz CT molecular complexity index is 688. The van der Waals surface area contributed by atoms with Crippen molar-refractivity contribution in [2.45, 2.75) is 19.1 Å². The number of pyridine rings is 1. The molecule has 24 heavy (non-hydrogen) atoms. The maximum atomic E-state index is 12.2. The number of carbonyl (C=O) groups is 1. The van der Waals surface area contributed by atoms with Gasteiger partial charge in [0.25, 0.3) is 0 Å². The zero-order chi connectivity index (χ0) is 17.6. The molecule has 0 bridgehead atoms. The summed E-state index contributed by atoms with van der Waals surface area (Å²) in [5, 5.41) is 2.63. The number of aromatic nitrogens is 1. The summed E-state index contributed by atoms with van der Waals surface area (Å²) in [4.78, 5) is 15.7. The fourth-order valence-electron chi connectivity index (χ4n) is 1.92. The van der Waals surface area contributed by atoms with Crippen LogP contribution in [0.4, 0.5) is 18.9 Å². The van der Waals surface area contributed by atoms with Crippen LogP contribution in [0.15, 0.2) is 42.6 Å². The number of rotatable bonds is 6. The zero-order valence-electron chi connectivity index (χ0n) is 12.6. The number of amides is 1. The van der Waals surface area contributed by atoms with Gasteiger partial charge in [0.2, 0.25) is 11.8 Å². The van der Waals surface area contributed by atoms with E-state index >= 15 is 0 Å². The lowest BCUT2D eigenvalue weighted by Gasteiger charge is -2.12. The van der Waals surface area contributed by atoms with Crippen LogP contribution < -0.4 is 15.8 Å². The quantitative estimate of drug-likeness (QED) is 0.793. The molecule has 0 unspecified atom stereocenters. The molecule has 0 aliphatic carbocycles. The SMILES string of the molecule is Nc1ccc(CC(=O)NCc2cccnc2OCC(F)(F)F)cc1. The van der Waals surface area contributed by atoms with E-state index in [0.717, 1.165) is 5.56 Å². The maximum Gasteiger partial charge on any atom is 0.422 e. The molecular formula is C16H16F3N3O2. The average molecular weight is 339 g/mol. The highest BCUT2D eigenvalue weighted by Gasteiger charge is 2.29. The Labute approximate surface area is 136 Å². The van der Waals surface area contributed by atoms with Crippen molar-refractivity contribution in [1.29, 1.82) is 0 Å². The van der Waals surface area contributed by atoms with E-state index in [9.17, 15) is 18.0 Å². The van der Waals surface area contributed by atoms with Gasteiger partial charge in [-0.05, 0) is 23.8 Å². The molecule has 8 heteroatoms. The van der Waals surface area contributed by atoms with Crippen LogP contribution in [0.25, 0.3) is 0 Å². The van der Waals surface area contributed by atoms with Crippen LogP contribution in [-0.2, 0) is 17.8 Å². The summed E-state index contributed by atoms with van der Waals surface area (Å²) < 4.78 is 41.3. The number of alkyl halides is 3. The number of benzene rings is 1. The molecule has 1 amide bonds. The largest absolute Gasteiger partial charge is 0.468 e. The van der Waals surface area contributed by atoms with Crippen molar-refractivity contribution in [3.05, 3.63) is 53.7 Å². The molecule has 5 nitrogen and oxygen atoms in total. The fourth-order valence-corrected chi connectivity index (χ4v) is 1.92. The Hall–Kier alpha value is -2.77. The van der Waals surface area contributed by atoms with Crippen molar-refractivity contribution in [2.75, 3.05) is 12.3 Å². The molecule has 0 aliphatic heterocycles. The summed E-state index contributed by atoms with van der Waals surface area (Å²) in [5.41, 5.74) is 7.31. The fraction of sp³-hybridized carbons (Fsp3) is 0.250. The Kier molecular flexibility index (Phi) is 5.62. The van der Waals surface area contributed by atoms with Gasteiger partial charge in [0, 0.05) is 24.0 Å². The van der Waals surface area contributed by atoms with Crippen molar-refractivity contribution in [1.82, 2.24) is 10.3 Å². The van der Waals surface area contributed by atoms with Crippen molar-refractivity contribution in [3.8, 4) is 5.88 Å². The van der Waals surface area contributed by atoms with Crippen molar-refractivity contribution < 1.29 is 22.7 Å². The number of hydrogen-bond donors (Lipinski definition) is 2. The van der Waals surface area contributed by atoms with E-state index in [4.69, 9.17) is 5.73 Å². The first-order valence-corrected chi connectivity index (χ1v) is 7.08.